The molecule has 0 aliphatic rings. The van der Waals surface area contributed by atoms with Gasteiger partial charge >= 0.3 is 0 Å². The first-order valence-corrected chi connectivity index (χ1v) is 23.1. The average Bonchev–Trinajstić information content (AvgIpc) is 3.13. The van der Waals surface area contributed by atoms with Gasteiger partial charge in [0.1, 0.15) is 0 Å². The molecule has 0 saturated heterocycles. The van der Waals surface area contributed by atoms with Crippen molar-refractivity contribution >= 4 is 5.91 Å². The lowest BCUT2D eigenvalue weighted by molar-refractivity contribution is -0.123. The van der Waals surface area contributed by atoms with Crippen molar-refractivity contribution < 1.29 is 15.0 Å². The van der Waals surface area contributed by atoms with Crippen LogP contribution in [0.3, 0.4) is 0 Å². The number of hydrogen-bond acceptors (Lipinski definition) is 3. The van der Waals surface area contributed by atoms with Crippen LogP contribution < -0.4 is 5.32 Å². The van der Waals surface area contributed by atoms with Crippen LogP contribution in [0.5, 0.6) is 0 Å². The Kier molecular flexibility index (Phi) is 42.3. The minimum atomic E-state index is -0.840. The molecule has 0 heterocycles. The quantitative estimate of drug-likeness (QED) is 0.0435. The van der Waals surface area contributed by atoms with Crippen LogP contribution in [0.15, 0.2) is 24.3 Å². The van der Waals surface area contributed by atoms with Crippen molar-refractivity contribution in [2.75, 3.05) is 6.61 Å². The Hall–Kier alpha value is -1.13. The van der Waals surface area contributed by atoms with E-state index >= 15 is 0 Å². The zero-order valence-electron chi connectivity index (χ0n) is 34.6. The van der Waals surface area contributed by atoms with Gasteiger partial charge in [-0.15, -0.1) is 0 Å². The van der Waals surface area contributed by atoms with Crippen molar-refractivity contribution in [1.29, 1.82) is 0 Å². The molecule has 0 aliphatic carbocycles. The molecule has 4 heteroatoms. The van der Waals surface area contributed by atoms with Crippen LogP contribution >= 0.6 is 0 Å². The smallest absolute Gasteiger partial charge is 0.220 e. The molecule has 2 unspecified atom stereocenters. The maximum atomic E-state index is 12.4. The largest absolute Gasteiger partial charge is 0.394 e. The molecule has 0 fully saturated rings. The molecule has 51 heavy (non-hydrogen) atoms. The average molecular weight is 718 g/mol. The predicted octanol–water partition coefficient (Wildman–Crippen LogP) is 14.4. The van der Waals surface area contributed by atoms with E-state index in [0.717, 1.165) is 32.1 Å². The van der Waals surface area contributed by atoms with E-state index in [1.54, 1.807) is 6.08 Å². The van der Waals surface area contributed by atoms with Gasteiger partial charge in [-0.2, -0.15) is 0 Å². The number of hydrogen-bond donors (Lipinski definition) is 3. The van der Waals surface area contributed by atoms with Crippen LogP contribution in [0, 0.1) is 0 Å². The summed E-state index contributed by atoms with van der Waals surface area (Å²) in [5.74, 6) is -0.0711. The van der Waals surface area contributed by atoms with Gasteiger partial charge in [0.2, 0.25) is 5.91 Å². The zero-order chi connectivity index (χ0) is 37.1. The predicted molar refractivity (Wildman–Crippen MR) is 225 cm³/mol. The molecule has 0 aromatic rings. The van der Waals surface area contributed by atoms with Crippen LogP contribution in [0.2, 0.25) is 0 Å². The Morgan fingerprint density at radius 2 is 0.745 bits per heavy atom. The summed E-state index contributed by atoms with van der Waals surface area (Å²) in [7, 11) is 0. The van der Waals surface area contributed by atoms with E-state index < -0.39 is 12.1 Å². The highest BCUT2D eigenvalue weighted by molar-refractivity contribution is 5.76. The molecule has 0 rings (SSSR count). The third kappa shape index (κ3) is 39.9. The second-order valence-corrected chi connectivity index (χ2v) is 15.8. The van der Waals surface area contributed by atoms with Gasteiger partial charge < -0.3 is 15.5 Å². The van der Waals surface area contributed by atoms with Gasteiger partial charge in [0.25, 0.3) is 0 Å². The van der Waals surface area contributed by atoms with Crippen molar-refractivity contribution in [3.8, 4) is 0 Å². The van der Waals surface area contributed by atoms with Gasteiger partial charge in [-0.25, -0.2) is 0 Å². The van der Waals surface area contributed by atoms with E-state index in [0.29, 0.717) is 6.42 Å². The van der Waals surface area contributed by atoms with Crippen LogP contribution in [-0.4, -0.2) is 34.9 Å². The fraction of sp³-hybridized carbons (Fsp3) is 0.894. The maximum absolute atomic E-state index is 12.4. The molecule has 2 atom stereocenters. The Labute approximate surface area is 319 Å². The minimum absolute atomic E-state index is 0.0711. The lowest BCUT2D eigenvalue weighted by Crippen LogP contribution is -2.45. The fourth-order valence-electron chi connectivity index (χ4n) is 7.11. The molecule has 0 aliphatic heterocycles. The number of carbonyl (C=O) groups excluding carboxylic acids is 1. The van der Waals surface area contributed by atoms with Crippen LogP contribution in [0.25, 0.3) is 0 Å². The normalized spacial score (nSPS) is 13.1. The summed E-state index contributed by atoms with van der Waals surface area (Å²) < 4.78 is 0. The Balaban J connectivity index is 3.51. The number of aliphatic hydroxyl groups is 2. The van der Waals surface area contributed by atoms with E-state index in [4.69, 9.17) is 0 Å². The highest BCUT2D eigenvalue weighted by atomic mass is 16.3. The van der Waals surface area contributed by atoms with Gasteiger partial charge in [-0.1, -0.05) is 224 Å². The van der Waals surface area contributed by atoms with E-state index in [-0.39, 0.29) is 12.5 Å². The number of allylic oxidation sites excluding steroid dienone is 3. The number of amides is 1. The third-order valence-corrected chi connectivity index (χ3v) is 10.7. The van der Waals surface area contributed by atoms with Gasteiger partial charge in [-0.3, -0.25) is 4.79 Å². The first-order valence-electron chi connectivity index (χ1n) is 23.1. The SMILES string of the molecule is CCCCCCC/C=C\CCCCCCCC(=O)NC(CO)C(O)/C=C/CCCCCCCCCCCCCCCCCCCCCCCCC. The molecule has 0 aromatic carbocycles. The van der Waals surface area contributed by atoms with Crippen molar-refractivity contribution in [2.24, 2.45) is 0 Å². The zero-order valence-corrected chi connectivity index (χ0v) is 34.6. The number of unbranched alkanes of at least 4 members (excludes halogenated alkanes) is 33. The van der Waals surface area contributed by atoms with E-state index in [1.807, 2.05) is 6.08 Å². The monoisotopic (exact) mass is 718 g/mol. The molecular formula is C47H91NO3. The van der Waals surface area contributed by atoms with Crippen LogP contribution in [-0.2, 0) is 4.79 Å². The molecule has 0 radical (unpaired) electrons. The summed E-state index contributed by atoms with van der Waals surface area (Å²) in [5, 5.41) is 23.0. The summed E-state index contributed by atoms with van der Waals surface area (Å²) in [5.41, 5.74) is 0. The second kappa shape index (κ2) is 43.3. The summed E-state index contributed by atoms with van der Waals surface area (Å²) in [6.07, 6.45) is 55.8. The Morgan fingerprint density at radius 1 is 0.451 bits per heavy atom. The molecule has 0 bridgehead atoms. The number of rotatable bonds is 42. The fourth-order valence-corrected chi connectivity index (χ4v) is 7.11. The van der Waals surface area contributed by atoms with Gasteiger partial charge in [-0.05, 0) is 44.9 Å². The van der Waals surface area contributed by atoms with Crippen LogP contribution in [0.1, 0.15) is 251 Å². The number of aliphatic hydroxyl groups excluding tert-OH is 2. The lowest BCUT2D eigenvalue weighted by Gasteiger charge is -2.20. The maximum Gasteiger partial charge on any atom is 0.220 e. The van der Waals surface area contributed by atoms with Gasteiger partial charge in [0.15, 0.2) is 0 Å². The topological polar surface area (TPSA) is 69.6 Å². The Bertz CT molecular complexity index is 735. The van der Waals surface area contributed by atoms with Gasteiger partial charge in [0, 0.05) is 6.42 Å². The summed E-state index contributed by atoms with van der Waals surface area (Å²) in [6.45, 7) is 4.31. The van der Waals surface area contributed by atoms with Crippen molar-refractivity contribution in [1.82, 2.24) is 5.32 Å². The highest BCUT2D eigenvalue weighted by Crippen LogP contribution is 2.16. The highest BCUT2D eigenvalue weighted by Gasteiger charge is 2.17. The minimum Gasteiger partial charge on any atom is -0.394 e. The van der Waals surface area contributed by atoms with Crippen molar-refractivity contribution in [3.63, 3.8) is 0 Å². The molecule has 0 aromatic heterocycles. The summed E-state index contributed by atoms with van der Waals surface area (Å²) in [6, 6.07) is -0.624. The Morgan fingerprint density at radius 3 is 1.08 bits per heavy atom. The van der Waals surface area contributed by atoms with E-state index in [2.05, 4.69) is 31.3 Å². The second-order valence-electron chi connectivity index (χ2n) is 15.8. The van der Waals surface area contributed by atoms with E-state index in [1.165, 1.54) is 199 Å². The molecule has 1 amide bonds. The number of carbonyl (C=O) groups is 1. The first-order chi connectivity index (χ1) is 25.2. The third-order valence-electron chi connectivity index (χ3n) is 10.7. The molecular weight excluding hydrogens is 627 g/mol. The van der Waals surface area contributed by atoms with E-state index in [9.17, 15) is 15.0 Å². The lowest BCUT2D eigenvalue weighted by atomic mass is 10.0. The molecule has 0 spiro atoms. The standard InChI is InChI=1S/C47H91NO3/c1-3-5-7-9-11-13-15-17-19-20-21-22-23-24-25-26-27-28-29-30-32-34-36-38-40-42-46(50)45(44-49)48-47(51)43-41-39-37-35-33-31-18-16-14-12-10-8-6-4-2/h16,18,40,42,45-46,49-50H,3-15,17,19-39,41,43-44H2,1-2H3,(H,48,51)/b18-16-,42-40+. The molecule has 0 saturated carbocycles. The van der Waals surface area contributed by atoms with Crippen molar-refractivity contribution in [3.05, 3.63) is 24.3 Å². The molecule has 302 valence electrons. The first kappa shape index (κ1) is 49.9. The summed E-state index contributed by atoms with van der Waals surface area (Å²) >= 11 is 0. The molecule has 3 N–H and O–H groups in total. The molecule has 4 nitrogen and oxygen atoms in total. The number of nitrogens with one attached hydrogen (secondary N) is 1. The van der Waals surface area contributed by atoms with Crippen LogP contribution in [0.4, 0.5) is 0 Å². The van der Waals surface area contributed by atoms with Crippen molar-refractivity contribution in [2.45, 2.75) is 264 Å². The van der Waals surface area contributed by atoms with Gasteiger partial charge in [0.05, 0.1) is 18.8 Å². The summed E-state index contributed by atoms with van der Waals surface area (Å²) in [4.78, 5) is 12.4.